The summed E-state index contributed by atoms with van der Waals surface area (Å²) in [5.74, 6) is 0. The Kier molecular flexibility index (Phi) is 7.90. The maximum Gasteiger partial charge on any atom is 0.180 e. The number of rotatable bonds is 8. The summed E-state index contributed by atoms with van der Waals surface area (Å²) in [5, 5.41) is 5.33. The molecule has 1 heterocycles. The van der Waals surface area contributed by atoms with Gasteiger partial charge in [-0.05, 0) is 148 Å². The van der Waals surface area contributed by atoms with Crippen LogP contribution < -0.4 is 25.6 Å². The van der Waals surface area contributed by atoms with Gasteiger partial charge < -0.3 is 4.90 Å². The molecule has 328 valence electrons. The molecule has 1 nitrogen and oxygen atoms in total. The average molecular weight is 904 g/mol. The molecule has 0 amide bonds. The van der Waals surface area contributed by atoms with E-state index in [1.807, 2.05) is 42.5 Å². The summed E-state index contributed by atoms with van der Waals surface area (Å²) in [6, 6.07) is 83.0. The highest BCUT2D eigenvalue weighted by Crippen LogP contribution is 2.55. The lowest BCUT2D eigenvalue weighted by Gasteiger charge is -2.32. The third-order valence-corrected chi connectivity index (χ3v) is 20.3. The molecule has 2 heteroatoms. The molecule has 0 N–H and O–H groups in total. The van der Waals surface area contributed by atoms with Crippen LogP contribution in [-0.2, 0) is 10.8 Å². The van der Waals surface area contributed by atoms with E-state index in [9.17, 15) is 0 Å². The molecular weight excluding hydrogens is 847 g/mol. The summed E-state index contributed by atoms with van der Waals surface area (Å²) in [4.78, 5) is 2.15. The quantitative estimate of drug-likeness (QED) is 0.137. The molecule has 10 aromatic carbocycles. The van der Waals surface area contributed by atoms with Crippen molar-refractivity contribution in [2.75, 3.05) is 4.90 Å². The summed E-state index contributed by atoms with van der Waals surface area (Å²) in [6.45, 7) is 0.777. The first-order valence-corrected chi connectivity index (χ1v) is 25.8. The van der Waals surface area contributed by atoms with Crippen molar-refractivity contribution in [3.8, 4) is 44.5 Å². The van der Waals surface area contributed by atoms with Gasteiger partial charge in [0, 0.05) is 36.1 Å². The molecule has 0 radical (unpaired) electrons. The summed E-state index contributed by atoms with van der Waals surface area (Å²) < 4.78 is 54.4. The number of nitrogens with zero attached hydrogens (tertiary/aromatic N) is 1. The van der Waals surface area contributed by atoms with Crippen LogP contribution >= 0.6 is 0 Å². The Bertz CT molecular complexity index is 3860. The predicted molar refractivity (Wildman–Crippen MR) is 294 cm³/mol. The molecule has 69 heavy (non-hydrogen) atoms. The highest BCUT2D eigenvalue weighted by atomic mass is 28.3. The van der Waals surface area contributed by atoms with Crippen LogP contribution in [0.5, 0.6) is 0 Å². The van der Waals surface area contributed by atoms with E-state index in [1.165, 1.54) is 48.6 Å². The Morgan fingerprint density at radius 1 is 0.420 bits per heavy atom. The van der Waals surface area contributed by atoms with E-state index >= 15 is 0 Å². The Balaban J connectivity index is 1.01. The Morgan fingerprint density at radius 2 is 0.928 bits per heavy atom. The molecule has 0 spiro atoms. The van der Waals surface area contributed by atoms with E-state index < -0.39 is 32.6 Å². The fraction of sp³-hybridized carbons (Fsp3) is 0.0746. The van der Waals surface area contributed by atoms with Gasteiger partial charge in [0.25, 0.3) is 0 Å². The number of anilines is 3. The third kappa shape index (κ3) is 5.95. The first-order valence-electron chi connectivity index (χ1n) is 26.8. The van der Waals surface area contributed by atoms with Crippen molar-refractivity contribution in [3.63, 3.8) is 0 Å². The van der Waals surface area contributed by atoms with Crippen LogP contribution in [0, 0.1) is 0 Å². The molecule has 1 unspecified atom stereocenters. The van der Waals surface area contributed by atoms with Crippen molar-refractivity contribution in [2.45, 2.75) is 31.5 Å². The lowest BCUT2D eigenvalue weighted by atomic mass is 9.74. The number of fused-ring (bicyclic) bond motifs is 9. The van der Waals surface area contributed by atoms with Gasteiger partial charge in [0.2, 0.25) is 0 Å². The minimum absolute atomic E-state index is 0.269. The van der Waals surface area contributed by atoms with E-state index in [-0.39, 0.29) is 5.56 Å². The van der Waals surface area contributed by atoms with Gasteiger partial charge in [0.05, 0.1) is 0 Å². The van der Waals surface area contributed by atoms with Gasteiger partial charge in [-0.25, -0.2) is 0 Å². The second kappa shape index (κ2) is 15.5. The molecule has 1 aliphatic heterocycles. The van der Waals surface area contributed by atoms with E-state index in [2.05, 4.69) is 206 Å². The lowest BCUT2D eigenvalue weighted by Crippen LogP contribution is -2.72. The van der Waals surface area contributed by atoms with Crippen molar-refractivity contribution in [1.29, 1.82) is 0 Å². The van der Waals surface area contributed by atoms with Crippen LogP contribution in [0.3, 0.4) is 0 Å². The number of hydrogen-bond donors (Lipinski definition) is 0. The summed E-state index contributed by atoms with van der Waals surface area (Å²) in [7, 11) is -2.83. The highest BCUT2D eigenvalue weighted by molar-refractivity contribution is 7.22. The second-order valence-corrected chi connectivity index (χ2v) is 22.7. The van der Waals surface area contributed by atoms with Gasteiger partial charge in [-0.15, -0.1) is 0 Å². The van der Waals surface area contributed by atoms with Crippen LogP contribution in [0.1, 0.15) is 62.2 Å². The van der Waals surface area contributed by atoms with Crippen molar-refractivity contribution in [1.82, 2.24) is 0 Å². The van der Waals surface area contributed by atoms with Crippen molar-refractivity contribution in [2.24, 2.45) is 0 Å². The van der Waals surface area contributed by atoms with E-state index in [0.717, 1.165) is 39.2 Å². The SMILES string of the molecule is [2H]C([2H])([2H])C1(C([2H])([2H])[2H])c2ccccc2-c2ccc(N(c3ccc(-c4cc(C=C)cc([Si]5(c6ccccc6)c6ccccc6-c6ccccc65)c4)cc3)c3ccc4c(c3)C(C)(c3ccccc3)c3ccccc3-4)cc21. The monoisotopic (exact) mass is 903 g/mol. The van der Waals surface area contributed by atoms with Crippen LogP contribution in [0.4, 0.5) is 17.1 Å². The smallest absolute Gasteiger partial charge is 0.180 e. The number of hydrogen-bond acceptors (Lipinski definition) is 1. The molecule has 0 saturated heterocycles. The van der Waals surface area contributed by atoms with Crippen molar-refractivity contribution in [3.05, 3.63) is 277 Å². The van der Waals surface area contributed by atoms with Gasteiger partial charge in [0.15, 0.2) is 8.07 Å². The number of benzene rings is 10. The Labute approximate surface area is 415 Å². The maximum absolute atomic E-state index is 9.07. The molecular formula is C67H51NSi. The van der Waals surface area contributed by atoms with Crippen LogP contribution in [0.15, 0.2) is 243 Å². The van der Waals surface area contributed by atoms with E-state index in [0.29, 0.717) is 22.4 Å². The zero-order chi connectivity index (χ0) is 51.5. The highest BCUT2D eigenvalue weighted by Gasteiger charge is 2.49. The standard InChI is InChI=1S/C67H51NSi/c1-5-45-40-47(42-53(41-45)69(52-22-10-7-11-23-52)64-30-18-14-26-58(64)59-27-15-19-31-65(59)69)46-32-34-49(35-33-46)68(50-36-38-56-54-24-12-16-28-60(54)66(2,3)62(56)43-50)51-37-39-57-55-25-13-17-29-61(55)67(4,63(57)44-51)48-20-8-6-9-21-48/h5-44H,1H2,2-4H3/i2D3,3D3. The van der Waals surface area contributed by atoms with Gasteiger partial charge in [0.1, 0.15) is 0 Å². The summed E-state index contributed by atoms with van der Waals surface area (Å²) >= 11 is 0. The minimum Gasteiger partial charge on any atom is -0.310 e. The molecule has 10 aromatic rings. The van der Waals surface area contributed by atoms with E-state index in [4.69, 9.17) is 8.22 Å². The molecule has 0 bridgehead atoms. The summed E-state index contributed by atoms with van der Waals surface area (Å²) in [5.41, 5.74) is 12.9. The topological polar surface area (TPSA) is 3.24 Å². The third-order valence-electron chi connectivity index (χ3n) is 15.4. The lowest BCUT2D eigenvalue weighted by molar-refractivity contribution is 0.660. The molecule has 1 atom stereocenters. The van der Waals surface area contributed by atoms with Gasteiger partial charge in [-0.1, -0.05) is 220 Å². The fourth-order valence-electron chi connectivity index (χ4n) is 12.2. The predicted octanol–water partition coefficient (Wildman–Crippen LogP) is 14.5. The van der Waals surface area contributed by atoms with Gasteiger partial charge >= 0.3 is 0 Å². The Hall–Kier alpha value is -8.04. The fourth-order valence-corrected chi connectivity index (χ4v) is 17.5. The van der Waals surface area contributed by atoms with Gasteiger partial charge in [-0.2, -0.15) is 0 Å². The molecule has 0 aromatic heterocycles. The second-order valence-electron chi connectivity index (χ2n) is 18.9. The van der Waals surface area contributed by atoms with E-state index in [1.54, 1.807) is 12.1 Å². The van der Waals surface area contributed by atoms with Crippen LogP contribution in [-0.4, -0.2) is 8.07 Å². The van der Waals surface area contributed by atoms with Gasteiger partial charge in [-0.3, -0.25) is 0 Å². The Morgan fingerprint density at radius 3 is 1.57 bits per heavy atom. The van der Waals surface area contributed by atoms with Crippen LogP contribution in [0.25, 0.3) is 50.6 Å². The molecule has 2 aliphatic carbocycles. The van der Waals surface area contributed by atoms with Crippen molar-refractivity contribution < 1.29 is 8.22 Å². The first kappa shape index (κ1) is 35.1. The normalized spacial score (nSPS) is 17.8. The molecule has 0 fully saturated rings. The first-order chi connectivity index (χ1) is 36.3. The van der Waals surface area contributed by atoms with Crippen LogP contribution in [0.2, 0.25) is 0 Å². The zero-order valence-electron chi connectivity index (χ0n) is 44.2. The molecule has 13 rings (SSSR count). The van der Waals surface area contributed by atoms with Crippen molar-refractivity contribution >= 4 is 52.0 Å². The zero-order valence-corrected chi connectivity index (χ0v) is 39.2. The average Bonchev–Trinajstić information content (AvgIpc) is 4.04. The summed E-state index contributed by atoms with van der Waals surface area (Å²) in [6.07, 6.45) is 1.95. The largest absolute Gasteiger partial charge is 0.310 e. The maximum atomic E-state index is 9.07. The molecule has 0 saturated carbocycles. The minimum atomic E-state index is -2.91. The molecule has 3 aliphatic rings.